The number of carbonyl (C=O) groups excluding carboxylic acids is 1. The van der Waals surface area contributed by atoms with E-state index in [4.69, 9.17) is 11.6 Å². The second kappa shape index (κ2) is 5.90. The van der Waals surface area contributed by atoms with Gasteiger partial charge >= 0.3 is 0 Å². The van der Waals surface area contributed by atoms with Gasteiger partial charge in [0.25, 0.3) is 0 Å². The molecule has 0 aliphatic carbocycles. The number of rotatable bonds is 4. The van der Waals surface area contributed by atoms with E-state index >= 15 is 0 Å². The van der Waals surface area contributed by atoms with Crippen LogP contribution in [0.4, 0.5) is 0 Å². The molecule has 1 rings (SSSR count). The van der Waals surface area contributed by atoms with Gasteiger partial charge in [0.1, 0.15) is 0 Å². The van der Waals surface area contributed by atoms with E-state index in [1.807, 2.05) is 45.0 Å². The number of hydrogen-bond acceptors (Lipinski definition) is 1. The molecule has 1 aromatic carbocycles. The fourth-order valence-corrected chi connectivity index (χ4v) is 1.73. The Morgan fingerprint density at radius 1 is 1.38 bits per heavy atom. The number of hydrogen-bond donors (Lipinski definition) is 1. The molecule has 0 spiro atoms. The monoisotopic (exact) mass is 239 g/mol. The molecule has 2 nitrogen and oxygen atoms in total. The minimum Gasteiger partial charge on any atom is -0.350 e. The first-order valence-electron chi connectivity index (χ1n) is 5.54. The van der Waals surface area contributed by atoms with Crippen LogP contribution in [0.25, 0.3) is 0 Å². The van der Waals surface area contributed by atoms with E-state index in [1.165, 1.54) is 0 Å². The van der Waals surface area contributed by atoms with Crippen LogP contribution in [0, 0.1) is 5.92 Å². The number of carbonyl (C=O) groups is 1. The molecule has 0 fully saturated rings. The highest BCUT2D eigenvalue weighted by Gasteiger charge is 2.10. The standard InChI is InChI=1S/C13H18ClNO/c1-9(2)7-13(16)15-10(3)11-5-4-6-12(14)8-11/h4-6,8-10H,7H2,1-3H3,(H,15,16). The highest BCUT2D eigenvalue weighted by Crippen LogP contribution is 2.17. The first-order valence-corrected chi connectivity index (χ1v) is 5.91. The molecule has 0 aromatic heterocycles. The SMILES string of the molecule is CC(C)CC(=O)NC(C)c1cccc(Cl)c1. The van der Waals surface area contributed by atoms with Crippen LogP contribution in [0.15, 0.2) is 24.3 Å². The van der Waals surface area contributed by atoms with Gasteiger partial charge in [0.2, 0.25) is 5.91 Å². The number of nitrogens with one attached hydrogen (secondary N) is 1. The minimum absolute atomic E-state index is 0.00458. The molecule has 0 radical (unpaired) electrons. The number of benzene rings is 1. The Kier molecular flexibility index (Phi) is 4.81. The zero-order valence-electron chi connectivity index (χ0n) is 9.96. The van der Waals surface area contributed by atoms with Gasteiger partial charge in [0, 0.05) is 11.4 Å². The summed E-state index contributed by atoms with van der Waals surface area (Å²) in [5, 5.41) is 3.65. The number of amides is 1. The molecular weight excluding hydrogens is 222 g/mol. The first kappa shape index (κ1) is 13.0. The van der Waals surface area contributed by atoms with Crippen molar-refractivity contribution < 1.29 is 4.79 Å². The van der Waals surface area contributed by atoms with E-state index in [2.05, 4.69) is 5.32 Å². The van der Waals surface area contributed by atoms with Crippen LogP contribution >= 0.6 is 11.6 Å². The van der Waals surface area contributed by atoms with Gasteiger partial charge in [-0.25, -0.2) is 0 Å². The molecule has 88 valence electrons. The van der Waals surface area contributed by atoms with E-state index in [0.717, 1.165) is 5.56 Å². The Labute approximate surface area is 102 Å². The average Bonchev–Trinajstić information content (AvgIpc) is 2.16. The summed E-state index contributed by atoms with van der Waals surface area (Å²) in [5.41, 5.74) is 1.03. The molecule has 0 bridgehead atoms. The predicted molar refractivity (Wildman–Crippen MR) is 67.5 cm³/mol. The highest BCUT2D eigenvalue weighted by molar-refractivity contribution is 6.30. The summed E-state index contributed by atoms with van der Waals surface area (Å²) in [7, 11) is 0. The molecule has 0 saturated carbocycles. The third kappa shape index (κ3) is 4.23. The van der Waals surface area contributed by atoms with Crippen molar-refractivity contribution in [2.24, 2.45) is 5.92 Å². The van der Waals surface area contributed by atoms with Crippen molar-refractivity contribution in [2.45, 2.75) is 33.2 Å². The molecular formula is C13H18ClNO. The van der Waals surface area contributed by atoms with Gasteiger partial charge in [-0.2, -0.15) is 0 Å². The van der Waals surface area contributed by atoms with Crippen molar-refractivity contribution in [1.82, 2.24) is 5.32 Å². The largest absolute Gasteiger partial charge is 0.350 e. The van der Waals surface area contributed by atoms with Crippen LogP contribution in [0.3, 0.4) is 0 Å². The Morgan fingerprint density at radius 2 is 2.06 bits per heavy atom. The lowest BCUT2D eigenvalue weighted by Crippen LogP contribution is -2.27. The lowest BCUT2D eigenvalue weighted by Gasteiger charge is -2.15. The molecule has 0 aliphatic rings. The summed E-state index contributed by atoms with van der Waals surface area (Å²) < 4.78 is 0. The van der Waals surface area contributed by atoms with Crippen LogP contribution in [0.5, 0.6) is 0 Å². The first-order chi connectivity index (χ1) is 7.49. The fraction of sp³-hybridized carbons (Fsp3) is 0.462. The van der Waals surface area contributed by atoms with Crippen LogP contribution in [-0.4, -0.2) is 5.91 Å². The zero-order chi connectivity index (χ0) is 12.1. The third-order valence-corrected chi connectivity index (χ3v) is 2.55. The van der Waals surface area contributed by atoms with Gasteiger partial charge in [-0.3, -0.25) is 4.79 Å². The normalized spacial score (nSPS) is 12.6. The summed E-state index contributed by atoms with van der Waals surface area (Å²) >= 11 is 5.90. The minimum atomic E-state index is 0.00458. The summed E-state index contributed by atoms with van der Waals surface area (Å²) in [6, 6.07) is 7.56. The Balaban J connectivity index is 2.58. The average molecular weight is 240 g/mol. The van der Waals surface area contributed by atoms with Gasteiger partial charge < -0.3 is 5.32 Å². The Morgan fingerprint density at radius 3 is 2.62 bits per heavy atom. The lowest BCUT2D eigenvalue weighted by atomic mass is 10.1. The lowest BCUT2D eigenvalue weighted by molar-refractivity contribution is -0.122. The second-order valence-electron chi connectivity index (χ2n) is 4.44. The van der Waals surface area contributed by atoms with Gasteiger partial charge in [0.15, 0.2) is 0 Å². The van der Waals surface area contributed by atoms with Crippen molar-refractivity contribution in [1.29, 1.82) is 0 Å². The van der Waals surface area contributed by atoms with E-state index < -0.39 is 0 Å². The van der Waals surface area contributed by atoms with Crippen molar-refractivity contribution in [3.8, 4) is 0 Å². The van der Waals surface area contributed by atoms with Crippen LogP contribution in [0.2, 0.25) is 5.02 Å². The molecule has 0 saturated heterocycles. The molecule has 1 N–H and O–H groups in total. The third-order valence-electron chi connectivity index (χ3n) is 2.32. The summed E-state index contributed by atoms with van der Waals surface area (Å²) in [4.78, 5) is 11.6. The molecule has 0 aliphatic heterocycles. The van der Waals surface area contributed by atoms with Crippen molar-refractivity contribution in [3.63, 3.8) is 0 Å². The quantitative estimate of drug-likeness (QED) is 0.855. The van der Waals surface area contributed by atoms with Crippen LogP contribution in [-0.2, 0) is 4.79 Å². The van der Waals surface area contributed by atoms with Gasteiger partial charge in [-0.05, 0) is 30.5 Å². The van der Waals surface area contributed by atoms with Crippen molar-refractivity contribution >= 4 is 17.5 Å². The molecule has 1 amide bonds. The van der Waals surface area contributed by atoms with E-state index in [1.54, 1.807) is 0 Å². The second-order valence-corrected chi connectivity index (χ2v) is 4.88. The van der Waals surface area contributed by atoms with Crippen LogP contribution in [0.1, 0.15) is 38.8 Å². The van der Waals surface area contributed by atoms with Crippen molar-refractivity contribution in [3.05, 3.63) is 34.9 Å². The topological polar surface area (TPSA) is 29.1 Å². The molecule has 3 heteroatoms. The maximum absolute atomic E-state index is 11.6. The molecule has 16 heavy (non-hydrogen) atoms. The Hall–Kier alpha value is -1.02. The highest BCUT2D eigenvalue weighted by atomic mass is 35.5. The maximum atomic E-state index is 11.6. The summed E-state index contributed by atoms with van der Waals surface area (Å²) in [6.45, 7) is 6.02. The molecule has 1 unspecified atom stereocenters. The predicted octanol–water partition coefficient (Wildman–Crippen LogP) is 3.56. The summed E-state index contributed by atoms with van der Waals surface area (Å²) in [5.74, 6) is 0.467. The summed E-state index contributed by atoms with van der Waals surface area (Å²) in [6.07, 6.45) is 0.560. The van der Waals surface area contributed by atoms with E-state index in [0.29, 0.717) is 17.4 Å². The van der Waals surface area contributed by atoms with Gasteiger partial charge in [-0.1, -0.05) is 37.6 Å². The van der Waals surface area contributed by atoms with Gasteiger partial charge in [0.05, 0.1) is 6.04 Å². The molecule has 1 aromatic rings. The molecule has 0 heterocycles. The smallest absolute Gasteiger partial charge is 0.220 e. The maximum Gasteiger partial charge on any atom is 0.220 e. The number of halogens is 1. The van der Waals surface area contributed by atoms with Crippen molar-refractivity contribution in [2.75, 3.05) is 0 Å². The van der Waals surface area contributed by atoms with E-state index in [9.17, 15) is 4.79 Å². The Bertz CT molecular complexity index is 363. The van der Waals surface area contributed by atoms with Gasteiger partial charge in [-0.15, -0.1) is 0 Å². The van der Waals surface area contributed by atoms with Crippen LogP contribution < -0.4 is 5.32 Å². The molecule has 1 atom stereocenters. The van der Waals surface area contributed by atoms with E-state index in [-0.39, 0.29) is 11.9 Å². The fourth-order valence-electron chi connectivity index (χ4n) is 1.53. The zero-order valence-corrected chi connectivity index (χ0v) is 10.7.